The van der Waals surface area contributed by atoms with E-state index in [4.69, 9.17) is 9.47 Å². The number of benzene rings is 1. The smallest absolute Gasteiger partial charge is 0.0809 e. The van der Waals surface area contributed by atoms with Gasteiger partial charge in [-0.15, -0.1) is 0 Å². The molecule has 1 aromatic carbocycles. The molecule has 1 saturated carbocycles. The Kier molecular flexibility index (Phi) is 4.94. The molecular weight excluding hydrogens is 262 g/mol. The van der Waals surface area contributed by atoms with Crippen molar-refractivity contribution in [1.82, 2.24) is 4.90 Å². The zero-order valence-corrected chi connectivity index (χ0v) is 13.1. The molecule has 21 heavy (non-hydrogen) atoms. The predicted octanol–water partition coefficient (Wildman–Crippen LogP) is 3.37. The summed E-state index contributed by atoms with van der Waals surface area (Å²) in [6.07, 6.45) is 6.54. The number of nitrogens with zero attached hydrogens (tertiary/aromatic N) is 1. The van der Waals surface area contributed by atoms with E-state index in [0.29, 0.717) is 6.61 Å². The van der Waals surface area contributed by atoms with E-state index in [-0.39, 0.29) is 5.60 Å². The van der Waals surface area contributed by atoms with E-state index >= 15 is 0 Å². The number of rotatable bonds is 4. The quantitative estimate of drug-likeness (QED) is 0.848. The van der Waals surface area contributed by atoms with Crippen molar-refractivity contribution >= 4 is 0 Å². The van der Waals surface area contributed by atoms with Crippen LogP contribution in [-0.2, 0) is 22.6 Å². The molecule has 3 nitrogen and oxygen atoms in total. The molecule has 3 rings (SSSR count). The Morgan fingerprint density at radius 3 is 2.52 bits per heavy atom. The highest BCUT2D eigenvalue weighted by atomic mass is 16.5. The molecule has 0 N–H and O–H groups in total. The van der Waals surface area contributed by atoms with E-state index in [9.17, 15) is 0 Å². The number of methoxy groups -OCH3 is 1. The number of hydrogen-bond acceptors (Lipinski definition) is 3. The van der Waals surface area contributed by atoms with Crippen molar-refractivity contribution in [2.24, 2.45) is 0 Å². The van der Waals surface area contributed by atoms with Crippen molar-refractivity contribution < 1.29 is 9.47 Å². The first-order chi connectivity index (χ1) is 10.3. The van der Waals surface area contributed by atoms with Gasteiger partial charge in [-0.1, -0.05) is 43.5 Å². The molecule has 0 aromatic heterocycles. The van der Waals surface area contributed by atoms with Gasteiger partial charge in [0.1, 0.15) is 0 Å². The summed E-state index contributed by atoms with van der Waals surface area (Å²) in [6, 6.07) is 8.82. The fourth-order valence-electron chi connectivity index (χ4n) is 3.72. The lowest BCUT2D eigenvalue weighted by Crippen LogP contribution is -2.52. The van der Waals surface area contributed by atoms with Crippen LogP contribution in [0.5, 0.6) is 0 Å². The lowest BCUT2D eigenvalue weighted by molar-refractivity contribution is -0.128. The average Bonchev–Trinajstić information content (AvgIpc) is 2.50. The van der Waals surface area contributed by atoms with Crippen molar-refractivity contribution in [3.63, 3.8) is 0 Å². The molecule has 2 aliphatic rings. The van der Waals surface area contributed by atoms with Gasteiger partial charge >= 0.3 is 0 Å². The van der Waals surface area contributed by atoms with Crippen LogP contribution in [0.3, 0.4) is 0 Å². The van der Waals surface area contributed by atoms with E-state index in [0.717, 1.165) is 26.2 Å². The summed E-state index contributed by atoms with van der Waals surface area (Å²) >= 11 is 0. The van der Waals surface area contributed by atoms with Crippen molar-refractivity contribution in [1.29, 1.82) is 0 Å². The van der Waals surface area contributed by atoms with E-state index in [1.807, 2.05) is 0 Å². The fraction of sp³-hybridized carbons (Fsp3) is 0.667. The van der Waals surface area contributed by atoms with Gasteiger partial charge < -0.3 is 9.47 Å². The van der Waals surface area contributed by atoms with E-state index in [1.54, 1.807) is 7.11 Å². The Morgan fingerprint density at radius 1 is 1.10 bits per heavy atom. The molecule has 0 radical (unpaired) electrons. The van der Waals surface area contributed by atoms with Crippen LogP contribution in [0.2, 0.25) is 0 Å². The van der Waals surface area contributed by atoms with Gasteiger partial charge in [0.25, 0.3) is 0 Å². The van der Waals surface area contributed by atoms with Crippen LogP contribution in [0.1, 0.15) is 43.2 Å². The summed E-state index contributed by atoms with van der Waals surface area (Å²) in [5, 5.41) is 0. The molecule has 1 aliphatic heterocycles. The molecule has 0 unspecified atom stereocenters. The molecule has 1 spiro atoms. The predicted molar refractivity (Wildman–Crippen MR) is 84.2 cm³/mol. The van der Waals surface area contributed by atoms with Crippen molar-refractivity contribution in [2.45, 2.75) is 50.9 Å². The fourth-order valence-corrected chi connectivity index (χ4v) is 3.72. The molecule has 1 aliphatic carbocycles. The third-order valence-electron chi connectivity index (χ3n) is 4.83. The van der Waals surface area contributed by atoms with E-state index in [2.05, 4.69) is 29.2 Å². The SMILES string of the molecule is COCc1ccc(CN2CCOC3(CCCCC3)C2)cc1. The molecule has 116 valence electrons. The van der Waals surface area contributed by atoms with Gasteiger partial charge in [-0.2, -0.15) is 0 Å². The number of ether oxygens (including phenoxy) is 2. The van der Waals surface area contributed by atoms with Crippen LogP contribution < -0.4 is 0 Å². The van der Waals surface area contributed by atoms with Crippen molar-refractivity contribution in [3.8, 4) is 0 Å². The molecule has 3 heteroatoms. The summed E-state index contributed by atoms with van der Waals surface area (Å²) in [5.74, 6) is 0. The molecular formula is C18H27NO2. The Morgan fingerprint density at radius 2 is 1.81 bits per heavy atom. The van der Waals surface area contributed by atoms with Gasteiger partial charge in [0.2, 0.25) is 0 Å². The maximum Gasteiger partial charge on any atom is 0.0809 e. The first-order valence-electron chi connectivity index (χ1n) is 8.23. The second kappa shape index (κ2) is 6.91. The van der Waals surface area contributed by atoms with Gasteiger partial charge in [0.05, 0.1) is 18.8 Å². The van der Waals surface area contributed by atoms with Gasteiger partial charge in [-0.05, 0) is 24.0 Å². The maximum atomic E-state index is 6.17. The Labute approximate surface area is 128 Å². The number of hydrogen-bond donors (Lipinski definition) is 0. The van der Waals surface area contributed by atoms with E-state index < -0.39 is 0 Å². The minimum absolute atomic E-state index is 0.159. The summed E-state index contributed by atoms with van der Waals surface area (Å²) in [6.45, 7) is 4.79. The average molecular weight is 289 g/mol. The van der Waals surface area contributed by atoms with Gasteiger partial charge in [-0.3, -0.25) is 4.90 Å². The molecule has 0 amide bonds. The second-order valence-corrected chi connectivity index (χ2v) is 6.55. The standard InChI is InChI=1S/C18H27NO2/c1-20-14-17-7-5-16(6-8-17)13-19-11-12-21-18(15-19)9-3-2-4-10-18/h5-8H,2-4,9-15H2,1H3. The minimum Gasteiger partial charge on any atom is -0.380 e. The van der Waals surface area contributed by atoms with Gasteiger partial charge in [0.15, 0.2) is 0 Å². The normalized spacial score (nSPS) is 22.5. The van der Waals surface area contributed by atoms with Gasteiger partial charge in [0, 0.05) is 26.7 Å². The summed E-state index contributed by atoms with van der Waals surface area (Å²) in [5.41, 5.74) is 2.79. The Hall–Kier alpha value is -0.900. The minimum atomic E-state index is 0.159. The lowest BCUT2D eigenvalue weighted by Gasteiger charge is -2.45. The largest absolute Gasteiger partial charge is 0.380 e. The zero-order chi connectivity index (χ0) is 14.5. The number of morpholine rings is 1. The summed E-state index contributed by atoms with van der Waals surface area (Å²) in [7, 11) is 1.74. The molecule has 1 saturated heterocycles. The third-order valence-corrected chi connectivity index (χ3v) is 4.83. The maximum absolute atomic E-state index is 6.17. The summed E-state index contributed by atoms with van der Waals surface area (Å²) < 4.78 is 11.3. The molecule has 1 heterocycles. The zero-order valence-electron chi connectivity index (χ0n) is 13.1. The Bertz CT molecular complexity index is 432. The highest BCUT2D eigenvalue weighted by Crippen LogP contribution is 2.34. The van der Waals surface area contributed by atoms with Crippen LogP contribution in [0.4, 0.5) is 0 Å². The van der Waals surface area contributed by atoms with Crippen LogP contribution in [0.25, 0.3) is 0 Å². The highest BCUT2D eigenvalue weighted by Gasteiger charge is 2.37. The first-order valence-corrected chi connectivity index (χ1v) is 8.23. The summed E-state index contributed by atoms with van der Waals surface area (Å²) in [4.78, 5) is 2.57. The first kappa shape index (κ1) is 15.0. The van der Waals surface area contributed by atoms with Crippen molar-refractivity contribution in [2.75, 3.05) is 26.8 Å². The second-order valence-electron chi connectivity index (χ2n) is 6.55. The lowest BCUT2D eigenvalue weighted by atomic mass is 9.83. The van der Waals surface area contributed by atoms with Crippen molar-refractivity contribution in [3.05, 3.63) is 35.4 Å². The van der Waals surface area contributed by atoms with Crippen LogP contribution >= 0.6 is 0 Å². The molecule has 0 atom stereocenters. The topological polar surface area (TPSA) is 21.7 Å². The molecule has 1 aromatic rings. The van der Waals surface area contributed by atoms with Gasteiger partial charge in [-0.25, -0.2) is 0 Å². The third kappa shape index (κ3) is 3.85. The van der Waals surface area contributed by atoms with Crippen LogP contribution in [-0.4, -0.2) is 37.3 Å². The molecule has 2 fully saturated rings. The van der Waals surface area contributed by atoms with E-state index in [1.165, 1.54) is 43.2 Å². The molecule has 0 bridgehead atoms. The monoisotopic (exact) mass is 289 g/mol. The Balaban J connectivity index is 1.59. The van der Waals surface area contributed by atoms with Crippen LogP contribution in [0, 0.1) is 0 Å². The van der Waals surface area contributed by atoms with Crippen LogP contribution in [0.15, 0.2) is 24.3 Å². The highest BCUT2D eigenvalue weighted by molar-refractivity contribution is 5.22.